The molecule has 2 aromatic heterocycles. The molecule has 0 aliphatic carbocycles. The van der Waals surface area contributed by atoms with Gasteiger partial charge < -0.3 is 24.6 Å². The number of fused-ring (bicyclic) bond motifs is 1. The fourth-order valence-corrected chi connectivity index (χ4v) is 3.41. The molecule has 0 aliphatic rings. The summed E-state index contributed by atoms with van der Waals surface area (Å²) < 4.78 is 28.2. The van der Waals surface area contributed by atoms with Crippen LogP contribution in [0, 0.1) is 5.82 Å². The van der Waals surface area contributed by atoms with Crippen LogP contribution in [0.5, 0.6) is 5.75 Å². The minimum Gasteiger partial charge on any atom is -0.504 e. The molecular weight excluding hydrogens is 473 g/mol. The van der Waals surface area contributed by atoms with Crippen molar-refractivity contribution in [3.8, 4) is 5.75 Å². The van der Waals surface area contributed by atoms with Gasteiger partial charge in [-0.25, -0.2) is 14.2 Å². The third-order valence-electron chi connectivity index (χ3n) is 4.96. The highest BCUT2D eigenvalue weighted by Gasteiger charge is 2.24. The Balaban J connectivity index is 2.02. The zero-order valence-corrected chi connectivity index (χ0v) is 20.0. The van der Waals surface area contributed by atoms with Crippen molar-refractivity contribution in [1.82, 2.24) is 9.97 Å². The maximum atomic E-state index is 13.3. The van der Waals surface area contributed by atoms with Crippen molar-refractivity contribution in [2.75, 3.05) is 25.6 Å². The van der Waals surface area contributed by atoms with E-state index in [0.29, 0.717) is 12.0 Å². The number of ether oxygens (including phenoxy) is 3. The molecule has 2 N–H and O–H groups in total. The summed E-state index contributed by atoms with van der Waals surface area (Å²) in [6.07, 6.45) is 0.648. The van der Waals surface area contributed by atoms with E-state index in [1.165, 1.54) is 25.4 Å². The van der Waals surface area contributed by atoms with Gasteiger partial charge in [-0.3, -0.25) is 14.6 Å². The summed E-state index contributed by atoms with van der Waals surface area (Å²) in [7, 11) is 1.45. The van der Waals surface area contributed by atoms with Gasteiger partial charge in [-0.05, 0) is 49.6 Å². The van der Waals surface area contributed by atoms with Crippen LogP contribution in [-0.4, -0.2) is 59.3 Å². The molecule has 36 heavy (non-hydrogen) atoms. The van der Waals surface area contributed by atoms with E-state index in [4.69, 9.17) is 14.2 Å². The molecule has 0 aliphatic heterocycles. The predicted molar refractivity (Wildman–Crippen MR) is 127 cm³/mol. The number of aromatic hydroxyl groups is 1. The van der Waals surface area contributed by atoms with Crippen molar-refractivity contribution in [1.29, 1.82) is 0 Å². The number of hydrogen-bond acceptors (Lipinski definition) is 9. The van der Waals surface area contributed by atoms with Gasteiger partial charge in [-0.2, -0.15) is 0 Å². The van der Waals surface area contributed by atoms with E-state index in [1.807, 2.05) is 0 Å². The highest BCUT2D eigenvalue weighted by molar-refractivity contribution is 6.08. The summed E-state index contributed by atoms with van der Waals surface area (Å²) in [6.45, 7) is 3.44. The molecule has 1 unspecified atom stereocenters. The van der Waals surface area contributed by atoms with Gasteiger partial charge in [0.25, 0.3) is 0 Å². The first-order valence-corrected chi connectivity index (χ1v) is 11.1. The maximum absolute atomic E-state index is 13.3. The highest BCUT2D eigenvalue weighted by Crippen LogP contribution is 2.32. The predicted octanol–water partition coefficient (Wildman–Crippen LogP) is 3.15. The van der Waals surface area contributed by atoms with Crippen LogP contribution in [0.15, 0.2) is 36.5 Å². The van der Waals surface area contributed by atoms with Crippen molar-refractivity contribution >= 4 is 34.6 Å². The Morgan fingerprint density at radius 2 is 1.89 bits per heavy atom. The molecule has 11 heteroatoms. The molecule has 1 aromatic carbocycles. The zero-order valence-electron chi connectivity index (χ0n) is 20.0. The Hall–Kier alpha value is -4.12. The number of amides is 1. The second-order valence-corrected chi connectivity index (χ2v) is 7.90. The lowest BCUT2D eigenvalue weighted by atomic mass is 10.0. The molecule has 0 saturated heterocycles. The Labute approximate surface area is 206 Å². The maximum Gasteiger partial charge on any atom is 0.361 e. The molecule has 2 heterocycles. The standard InChI is InChI=1S/C25H26FN3O7/c1-4-35-20(31)11-19(30)28-24-18-10-16(9-15-5-7-17(26)8-6-15)12-27-21(18)23(32)22(29-24)25(33)36-14(2)13-34-3/h5-8,10,12,14,32H,4,9,11,13H2,1-3H3,(H,28,29,30). The minimum atomic E-state index is -0.947. The van der Waals surface area contributed by atoms with Crippen LogP contribution in [0.2, 0.25) is 0 Å². The number of halogens is 1. The fraction of sp³-hybridized carbons (Fsp3) is 0.320. The Kier molecular flexibility index (Phi) is 8.85. The monoisotopic (exact) mass is 499 g/mol. The van der Waals surface area contributed by atoms with Crippen molar-refractivity contribution < 1.29 is 38.1 Å². The number of nitrogens with zero attached hydrogens (tertiary/aromatic N) is 2. The Morgan fingerprint density at radius 3 is 2.56 bits per heavy atom. The molecule has 1 amide bonds. The van der Waals surface area contributed by atoms with E-state index in [0.717, 1.165) is 5.56 Å². The van der Waals surface area contributed by atoms with Crippen molar-refractivity contribution in [3.05, 3.63) is 59.2 Å². The van der Waals surface area contributed by atoms with Gasteiger partial charge in [0.2, 0.25) is 5.91 Å². The number of nitrogens with one attached hydrogen (secondary N) is 1. The first-order valence-electron chi connectivity index (χ1n) is 11.1. The zero-order chi connectivity index (χ0) is 26.2. The molecule has 3 rings (SSSR count). The molecule has 190 valence electrons. The van der Waals surface area contributed by atoms with Gasteiger partial charge in [-0.15, -0.1) is 0 Å². The number of carbonyl (C=O) groups excluding carboxylic acids is 3. The second kappa shape index (κ2) is 12.0. The lowest BCUT2D eigenvalue weighted by molar-refractivity contribution is -0.145. The third-order valence-corrected chi connectivity index (χ3v) is 4.96. The second-order valence-electron chi connectivity index (χ2n) is 7.90. The van der Waals surface area contributed by atoms with Crippen molar-refractivity contribution in [2.45, 2.75) is 32.8 Å². The van der Waals surface area contributed by atoms with E-state index < -0.39 is 41.8 Å². The fourth-order valence-electron chi connectivity index (χ4n) is 3.41. The number of pyridine rings is 2. The smallest absolute Gasteiger partial charge is 0.361 e. The number of hydrogen-bond donors (Lipinski definition) is 2. The molecule has 0 saturated carbocycles. The number of benzene rings is 1. The lowest BCUT2D eigenvalue weighted by Crippen LogP contribution is -2.22. The van der Waals surface area contributed by atoms with Gasteiger partial charge in [-0.1, -0.05) is 12.1 Å². The lowest BCUT2D eigenvalue weighted by Gasteiger charge is -2.15. The number of anilines is 1. The number of carbonyl (C=O) groups is 3. The van der Waals surface area contributed by atoms with E-state index in [-0.39, 0.29) is 35.8 Å². The van der Waals surface area contributed by atoms with E-state index >= 15 is 0 Å². The number of esters is 2. The molecule has 0 radical (unpaired) electrons. The van der Waals surface area contributed by atoms with Crippen molar-refractivity contribution in [3.63, 3.8) is 0 Å². The topological polar surface area (TPSA) is 137 Å². The summed E-state index contributed by atoms with van der Waals surface area (Å²) in [5.74, 6) is -3.41. The number of rotatable bonds is 10. The van der Waals surface area contributed by atoms with E-state index in [1.54, 1.807) is 32.0 Å². The molecule has 0 bridgehead atoms. The highest BCUT2D eigenvalue weighted by atomic mass is 19.1. The van der Waals surface area contributed by atoms with Gasteiger partial charge in [0.15, 0.2) is 11.4 Å². The van der Waals surface area contributed by atoms with Gasteiger partial charge in [0.05, 0.1) is 13.2 Å². The normalized spacial score (nSPS) is 11.7. The summed E-state index contributed by atoms with van der Waals surface area (Å²) >= 11 is 0. The SMILES string of the molecule is CCOC(=O)CC(=O)Nc1nc(C(=O)OC(C)COC)c(O)c2ncc(Cc3ccc(F)cc3)cc12. The number of methoxy groups -OCH3 is 1. The molecule has 10 nitrogen and oxygen atoms in total. The van der Waals surface area contributed by atoms with Crippen molar-refractivity contribution in [2.24, 2.45) is 0 Å². The van der Waals surface area contributed by atoms with Crippen LogP contribution in [0.1, 0.15) is 41.9 Å². The third kappa shape index (κ3) is 6.72. The largest absolute Gasteiger partial charge is 0.504 e. The van der Waals surface area contributed by atoms with Gasteiger partial charge in [0.1, 0.15) is 29.7 Å². The van der Waals surface area contributed by atoms with Crippen LogP contribution in [0.25, 0.3) is 10.9 Å². The quantitative estimate of drug-likeness (QED) is 0.318. The summed E-state index contributed by atoms with van der Waals surface area (Å²) in [5, 5.41) is 13.5. The molecule has 0 fully saturated rings. The van der Waals surface area contributed by atoms with Gasteiger partial charge >= 0.3 is 11.9 Å². The van der Waals surface area contributed by atoms with Crippen LogP contribution in [0.3, 0.4) is 0 Å². The summed E-state index contributed by atoms with van der Waals surface area (Å²) in [5.41, 5.74) is 0.997. The van der Waals surface area contributed by atoms with Crippen LogP contribution in [0.4, 0.5) is 10.2 Å². The average molecular weight is 499 g/mol. The molecular formula is C25H26FN3O7. The summed E-state index contributed by atoms with van der Waals surface area (Å²) in [4.78, 5) is 45.3. The first-order chi connectivity index (χ1) is 17.2. The van der Waals surface area contributed by atoms with E-state index in [9.17, 15) is 23.9 Å². The molecule has 0 spiro atoms. The Bertz CT molecular complexity index is 1260. The number of aromatic nitrogens is 2. The minimum absolute atomic E-state index is 0.00867. The van der Waals surface area contributed by atoms with Crippen LogP contribution in [-0.2, 0) is 30.2 Å². The van der Waals surface area contributed by atoms with E-state index in [2.05, 4.69) is 15.3 Å². The molecule has 3 aromatic rings. The van der Waals surface area contributed by atoms with Crippen LogP contribution < -0.4 is 5.32 Å². The van der Waals surface area contributed by atoms with Crippen LogP contribution >= 0.6 is 0 Å². The van der Waals surface area contributed by atoms with Gasteiger partial charge in [0, 0.05) is 18.7 Å². The average Bonchev–Trinajstić information content (AvgIpc) is 2.82. The Morgan fingerprint density at radius 1 is 1.17 bits per heavy atom. The first kappa shape index (κ1) is 26.5. The summed E-state index contributed by atoms with van der Waals surface area (Å²) in [6, 6.07) is 7.54. The molecule has 1 atom stereocenters.